The summed E-state index contributed by atoms with van der Waals surface area (Å²) >= 11 is 0. The van der Waals surface area contributed by atoms with E-state index in [0.717, 1.165) is 6.54 Å². The predicted octanol–water partition coefficient (Wildman–Crippen LogP) is 1.61. The lowest BCUT2D eigenvalue weighted by molar-refractivity contribution is -0.645. The van der Waals surface area contributed by atoms with Crippen LogP contribution in [0.3, 0.4) is 0 Å². The number of hydrogen-bond acceptors (Lipinski definition) is 2. The van der Waals surface area contributed by atoms with Gasteiger partial charge in [-0.2, -0.15) is 4.57 Å². The van der Waals surface area contributed by atoms with Crippen LogP contribution in [0.4, 0.5) is 11.4 Å². The van der Waals surface area contributed by atoms with Gasteiger partial charge in [-0.05, 0) is 36.8 Å². The van der Waals surface area contributed by atoms with Crippen molar-refractivity contribution in [1.29, 1.82) is 0 Å². The van der Waals surface area contributed by atoms with Gasteiger partial charge in [-0.15, -0.1) is 0 Å². The van der Waals surface area contributed by atoms with Crippen LogP contribution >= 0.6 is 0 Å². The van der Waals surface area contributed by atoms with Crippen molar-refractivity contribution >= 4 is 33.2 Å². The Morgan fingerprint density at radius 3 is 1.65 bits per heavy atom. The number of fused-ring (bicyclic) bond motifs is 2. The van der Waals surface area contributed by atoms with Gasteiger partial charge >= 0.3 is 0 Å². The Bertz CT molecular complexity index is 821. The quantitative estimate of drug-likeness (QED) is 0.370. The zero-order valence-corrected chi connectivity index (χ0v) is 17.3. The highest BCUT2D eigenvalue weighted by Crippen LogP contribution is 2.25. The molecule has 1 heterocycles. The number of halogens is 1. The van der Waals surface area contributed by atoms with Crippen molar-refractivity contribution in [3.8, 4) is 0 Å². The minimum atomic E-state index is 0. The van der Waals surface area contributed by atoms with E-state index in [4.69, 9.17) is 0 Å². The fourth-order valence-corrected chi connectivity index (χ4v) is 3.39. The topological polar surface area (TPSA) is 10.4 Å². The maximum Gasteiger partial charge on any atom is 0.215 e. The van der Waals surface area contributed by atoms with Gasteiger partial charge in [-0.3, -0.25) is 0 Å². The number of anilines is 2. The first-order valence-corrected chi connectivity index (χ1v) is 9.26. The molecular weight excluding hydrogens is 342 g/mol. The van der Waals surface area contributed by atoms with E-state index in [9.17, 15) is 0 Å². The number of hydrogen-bond donors (Lipinski definition) is 0. The van der Waals surface area contributed by atoms with Crippen LogP contribution in [-0.4, -0.2) is 28.2 Å². The van der Waals surface area contributed by atoms with Crippen molar-refractivity contribution in [2.24, 2.45) is 0 Å². The molecule has 0 bridgehead atoms. The number of unbranched alkanes of at least 4 members (excludes halogenated alkanes) is 2. The van der Waals surface area contributed by atoms with Crippen LogP contribution in [0.15, 0.2) is 42.5 Å². The molecule has 0 saturated carbocycles. The highest BCUT2D eigenvalue weighted by Gasteiger charge is 2.17. The Morgan fingerprint density at radius 2 is 1.23 bits per heavy atom. The van der Waals surface area contributed by atoms with Gasteiger partial charge in [-0.25, -0.2) is 0 Å². The normalized spacial score (nSPS) is 10.8. The number of aromatic nitrogens is 1. The maximum absolute atomic E-state index is 2.51. The number of aryl methyl sites for hydroxylation is 1. The number of pyridine rings is 1. The molecule has 0 aliphatic rings. The molecule has 0 N–H and O–H groups in total. The van der Waals surface area contributed by atoms with E-state index in [0.29, 0.717) is 0 Å². The van der Waals surface area contributed by atoms with Crippen LogP contribution in [0.2, 0.25) is 0 Å². The van der Waals surface area contributed by atoms with E-state index >= 15 is 0 Å². The third kappa shape index (κ3) is 4.04. The van der Waals surface area contributed by atoms with Crippen molar-refractivity contribution in [1.82, 2.24) is 0 Å². The van der Waals surface area contributed by atoms with Gasteiger partial charge in [0.15, 0.2) is 0 Å². The summed E-state index contributed by atoms with van der Waals surface area (Å²) in [6.45, 7) is 3.33. The highest BCUT2D eigenvalue weighted by atomic mass is 35.5. The van der Waals surface area contributed by atoms with Crippen molar-refractivity contribution in [3.63, 3.8) is 0 Å². The molecule has 0 saturated heterocycles. The van der Waals surface area contributed by atoms with Crippen molar-refractivity contribution in [2.75, 3.05) is 38.0 Å². The lowest BCUT2D eigenvalue weighted by Crippen LogP contribution is -3.00. The summed E-state index contributed by atoms with van der Waals surface area (Å²) in [6.07, 6.45) is 3.73. The second-order valence-corrected chi connectivity index (χ2v) is 7.28. The van der Waals surface area contributed by atoms with Crippen LogP contribution in [0.1, 0.15) is 26.2 Å². The molecule has 0 unspecified atom stereocenters. The average molecular weight is 372 g/mol. The molecule has 3 nitrogen and oxygen atoms in total. The zero-order valence-electron chi connectivity index (χ0n) is 16.6. The third-order valence-electron chi connectivity index (χ3n) is 4.94. The molecule has 0 aliphatic carbocycles. The fraction of sp³-hybridized carbons (Fsp3) is 0.409. The van der Waals surface area contributed by atoms with E-state index in [-0.39, 0.29) is 12.4 Å². The van der Waals surface area contributed by atoms with E-state index < -0.39 is 0 Å². The van der Waals surface area contributed by atoms with Gasteiger partial charge in [0.05, 0.1) is 0 Å². The molecule has 0 fully saturated rings. The molecule has 0 amide bonds. The molecule has 0 spiro atoms. The Kier molecular flexibility index (Phi) is 6.71. The van der Waals surface area contributed by atoms with Crippen LogP contribution < -0.4 is 26.8 Å². The Balaban J connectivity index is 0.00000243. The molecule has 3 rings (SSSR count). The number of nitrogens with zero attached hydrogens (tertiary/aromatic N) is 3. The van der Waals surface area contributed by atoms with Crippen LogP contribution in [0.25, 0.3) is 21.8 Å². The molecule has 26 heavy (non-hydrogen) atoms. The van der Waals surface area contributed by atoms with Gasteiger partial charge in [-0.1, -0.05) is 13.3 Å². The first-order chi connectivity index (χ1) is 12.0. The van der Waals surface area contributed by atoms with E-state index in [2.05, 4.69) is 91.9 Å². The van der Waals surface area contributed by atoms with Crippen LogP contribution in [0, 0.1) is 0 Å². The van der Waals surface area contributed by atoms with Gasteiger partial charge in [0, 0.05) is 68.9 Å². The van der Waals surface area contributed by atoms with Gasteiger partial charge < -0.3 is 22.2 Å². The second kappa shape index (κ2) is 8.59. The summed E-state index contributed by atoms with van der Waals surface area (Å²) in [5.41, 5.74) is 5.15. The number of benzene rings is 2. The lowest BCUT2D eigenvalue weighted by atomic mass is 10.1. The monoisotopic (exact) mass is 371 g/mol. The van der Waals surface area contributed by atoms with Crippen molar-refractivity contribution < 1.29 is 17.0 Å². The Morgan fingerprint density at radius 1 is 0.731 bits per heavy atom. The molecule has 1 aromatic heterocycles. The van der Waals surface area contributed by atoms with Gasteiger partial charge in [0.25, 0.3) is 0 Å². The average Bonchev–Trinajstić information content (AvgIpc) is 2.60. The first kappa shape index (κ1) is 20.3. The standard InChI is InChI=1S/C22H30N3.ClH/c1-6-7-8-13-25-21-15-19(23(2)3)11-9-17(21)14-18-10-12-20(24(4)5)16-22(18)25;/h9-12,14-16H,6-8,13H2,1-5H3;1H/q+1;/p-1. The molecule has 3 aromatic rings. The van der Waals surface area contributed by atoms with Gasteiger partial charge in [0.1, 0.15) is 6.54 Å². The summed E-state index contributed by atoms with van der Waals surface area (Å²) < 4.78 is 2.51. The molecule has 140 valence electrons. The fourth-order valence-electron chi connectivity index (χ4n) is 3.39. The number of rotatable bonds is 6. The molecule has 0 radical (unpaired) electrons. The predicted molar refractivity (Wildman–Crippen MR) is 110 cm³/mol. The minimum absolute atomic E-state index is 0. The van der Waals surface area contributed by atoms with Crippen LogP contribution in [-0.2, 0) is 6.54 Å². The molecule has 0 atom stereocenters. The first-order valence-electron chi connectivity index (χ1n) is 9.26. The van der Waals surface area contributed by atoms with E-state index in [1.165, 1.54) is 52.4 Å². The van der Waals surface area contributed by atoms with Crippen molar-refractivity contribution in [2.45, 2.75) is 32.7 Å². The molecule has 4 heteroatoms. The smallest absolute Gasteiger partial charge is 0.215 e. The summed E-state index contributed by atoms with van der Waals surface area (Å²) in [5.74, 6) is 0. The van der Waals surface area contributed by atoms with E-state index in [1.54, 1.807) is 0 Å². The largest absolute Gasteiger partial charge is 1.00 e. The van der Waals surface area contributed by atoms with Crippen LogP contribution in [0.5, 0.6) is 0 Å². The maximum atomic E-state index is 2.51. The molecular formula is C22H30ClN3. The Labute approximate surface area is 163 Å². The molecule has 2 aromatic carbocycles. The highest BCUT2D eigenvalue weighted by molar-refractivity contribution is 5.91. The zero-order chi connectivity index (χ0) is 18.0. The van der Waals surface area contributed by atoms with Gasteiger partial charge in [0.2, 0.25) is 11.0 Å². The third-order valence-corrected chi connectivity index (χ3v) is 4.94. The summed E-state index contributed by atoms with van der Waals surface area (Å²) in [4.78, 5) is 4.35. The molecule has 0 aliphatic heterocycles. The second-order valence-electron chi connectivity index (χ2n) is 7.28. The Hall–Kier alpha value is -2.00. The SMILES string of the molecule is CCCCC[n+]1c2cc(N(C)C)ccc2cc2ccc(N(C)C)cc21.[Cl-]. The summed E-state index contributed by atoms with van der Waals surface area (Å²) in [5, 5.41) is 2.62. The minimum Gasteiger partial charge on any atom is -1.00 e. The lowest BCUT2D eigenvalue weighted by Gasteiger charge is -2.15. The summed E-state index contributed by atoms with van der Waals surface area (Å²) in [6, 6.07) is 15.9. The van der Waals surface area contributed by atoms with Crippen molar-refractivity contribution in [3.05, 3.63) is 42.5 Å². The van der Waals surface area contributed by atoms with E-state index in [1.807, 2.05) is 0 Å². The summed E-state index contributed by atoms with van der Waals surface area (Å²) in [7, 11) is 8.42.